The third-order valence-corrected chi connectivity index (χ3v) is 18.8. The number of amides is 3. The highest BCUT2D eigenvalue weighted by molar-refractivity contribution is 7.99. The van der Waals surface area contributed by atoms with Gasteiger partial charge in [0.05, 0.1) is 63.2 Å². The molecule has 0 bridgehead atoms. The van der Waals surface area contributed by atoms with Gasteiger partial charge in [-0.25, -0.2) is 48.5 Å². The van der Waals surface area contributed by atoms with Gasteiger partial charge in [-0.15, -0.1) is 24.4 Å². The smallest absolute Gasteiger partial charge is 0.338 e. The van der Waals surface area contributed by atoms with Gasteiger partial charge in [0.2, 0.25) is 30.3 Å². The molecule has 0 aliphatic carbocycles. The molecule has 6 saturated heterocycles. The monoisotopic (exact) mass is 1580 g/mol. The van der Waals surface area contributed by atoms with Crippen molar-refractivity contribution in [2.45, 2.75) is 249 Å². The molecule has 14 N–H and O–H groups in total. The van der Waals surface area contributed by atoms with E-state index in [0.29, 0.717) is 5.75 Å². The molecule has 41 nitrogen and oxygen atoms in total. The Labute approximate surface area is 621 Å². The number of aliphatic hydroxyl groups is 10. The van der Waals surface area contributed by atoms with Crippen molar-refractivity contribution in [1.29, 1.82) is 0 Å². The van der Waals surface area contributed by atoms with Gasteiger partial charge < -0.3 is 134 Å². The summed E-state index contributed by atoms with van der Waals surface area (Å²) in [5.41, 5.74) is -0.0457. The molecular weight excluding hydrogens is 1480 g/mol. The number of nitrogens with one attached hydrogen (secondary N) is 3. The zero-order chi connectivity index (χ0) is 78.7. The minimum atomic E-state index is -2.35. The van der Waals surface area contributed by atoms with Gasteiger partial charge >= 0.3 is 29.8 Å². The Bertz CT molecular complexity index is 3100. The van der Waals surface area contributed by atoms with Crippen LogP contribution in [0.5, 0.6) is 0 Å². The van der Waals surface area contributed by atoms with Crippen LogP contribution in [-0.4, -0.2) is 335 Å². The van der Waals surface area contributed by atoms with Crippen LogP contribution in [-0.2, 0) is 129 Å². The van der Waals surface area contributed by atoms with E-state index in [0.717, 1.165) is 30.6 Å². The molecule has 6 aliphatic rings. The Morgan fingerprint density at radius 2 is 1.00 bits per heavy atom. The van der Waals surface area contributed by atoms with Gasteiger partial charge in [0, 0.05) is 67.6 Å². The number of carbonyl (C=O) groups excluding carboxylic acids is 7. The molecule has 3 amide bonds. The number of hydrogen-bond acceptors (Lipinski definition) is 39. The summed E-state index contributed by atoms with van der Waals surface area (Å²) in [7, 11) is 1.18. The summed E-state index contributed by atoms with van der Waals surface area (Å²) in [4.78, 5) is 137. The van der Waals surface area contributed by atoms with E-state index in [2.05, 4.69) is 35.2 Å². The van der Waals surface area contributed by atoms with Gasteiger partial charge in [-0.2, -0.15) is 0 Å². The van der Waals surface area contributed by atoms with Gasteiger partial charge in [-0.05, 0) is 32.0 Å². The lowest BCUT2D eigenvalue weighted by Crippen LogP contribution is -2.65. The quantitative estimate of drug-likeness (QED) is 0.00566. The maximum absolute atomic E-state index is 14.2. The van der Waals surface area contributed by atoms with Gasteiger partial charge in [-0.1, -0.05) is 19.6 Å². The van der Waals surface area contributed by atoms with E-state index < -0.39 is 284 Å². The summed E-state index contributed by atoms with van der Waals surface area (Å²) < 4.78 is 74.1. The second-order valence-corrected chi connectivity index (χ2v) is 27.6. The number of esters is 4. The lowest BCUT2D eigenvalue weighted by Gasteiger charge is -2.46. The molecule has 0 radical (unpaired) electrons. The van der Waals surface area contributed by atoms with E-state index in [1.807, 2.05) is 18.2 Å². The molecule has 6 aliphatic heterocycles. The number of carboxylic acid groups (broad SMARTS) is 1. The molecular formula is C64H95N3O38S2. The molecule has 7 rings (SSSR count). The molecule has 6 fully saturated rings. The van der Waals surface area contributed by atoms with Crippen molar-refractivity contribution in [2.24, 2.45) is 5.92 Å². The van der Waals surface area contributed by atoms with Crippen molar-refractivity contribution in [2.75, 3.05) is 59.1 Å². The van der Waals surface area contributed by atoms with Crippen LogP contribution in [0.15, 0.2) is 46.2 Å². The number of thiol groups is 1. The molecule has 107 heavy (non-hydrogen) atoms. The molecule has 606 valence electrons. The van der Waals surface area contributed by atoms with Crippen molar-refractivity contribution in [3.63, 3.8) is 0 Å². The van der Waals surface area contributed by atoms with Crippen LogP contribution in [0.3, 0.4) is 0 Å². The average molecular weight is 1580 g/mol. The van der Waals surface area contributed by atoms with Crippen molar-refractivity contribution in [3.8, 4) is 0 Å². The molecule has 43 heteroatoms. The third kappa shape index (κ3) is 25.2. The predicted molar refractivity (Wildman–Crippen MR) is 351 cm³/mol. The number of hydrogen-bond donors (Lipinski definition) is 15. The zero-order valence-corrected chi connectivity index (χ0v) is 60.8. The molecule has 1 aromatic carbocycles. The maximum atomic E-state index is 14.2. The number of ether oxygens (including phenoxy) is 13. The number of carbonyl (C=O) groups is 8. The summed E-state index contributed by atoms with van der Waals surface area (Å²) in [5.74, 6) is -8.22. The number of benzene rings is 1. The fraction of sp³-hybridized carbons (Fsp3) is 0.750. The Balaban J connectivity index is 1.02. The van der Waals surface area contributed by atoms with E-state index in [4.69, 9.17) is 90.9 Å². The van der Waals surface area contributed by atoms with Gasteiger partial charge in [-0.3, -0.25) is 19.2 Å². The third-order valence-electron chi connectivity index (χ3n) is 17.2. The highest BCUT2D eigenvalue weighted by Gasteiger charge is 2.57. The molecule has 14 unspecified atom stereocenters. The highest BCUT2D eigenvalue weighted by Crippen LogP contribution is 2.37. The summed E-state index contributed by atoms with van der Waals surface area (Å²) in [5, 5.41) is 128. The van der Waals surface area contributed by atoms with Crippen LogP contribution >= 0.6 is 24.4 Å². The fourth-order valence-electron chi connectivity index (χ4n) is 11.7. The van der Waals surface area contributed by atoms with E-state index in [1.165, 1.54) is 32.7 Å². The van der Waals surface area contributed by atoms with Crippen LogP contribution in [0.4, 0.5) is 0 Å². The second-order valence-electron chi connectivity index (χ2n) is 25.9. The summed E-state index contributed by atoms with van der Waals surface area (Å²) >= 11 is 5.72. The normalized spacial score (nSPS) is 35.4. The number of aliphatic carboxylic acids is 1. The summed E-state index contributed by atoms with van der Waals surface area (Å²) in [6.07, 6.45) is -45.4. The first-order valence-corrected chi connectivity index (χ1v) is 35.3. The van der Waals surface area contributed by atoms with E-state index in [-0.39, 0.29) is 18.4 Å². The Morgan fingerprint density at radius 3 is 1.45 bits per heavy atom. The molecule has 0 spiro atoms. The minimum Gasteiger partial charge on any atom is -0.479 e. The van der Waals surface area contributed by atoms with Crippen LogP contribution in [0.25, 0.3) is 0 Å². The van der Waals surface area contributed by atoms with Crippen molar-refractivity contribution >= 4 is 72.0 Å². The Hall–Kier alpha value is -5.58. The zero-order valence-electron chi connectivity index (χ0n) is 59.0. The SMILES string of the molecule is C=C(C)C(=O)OCC(O)COC(=O)C1OC(OO[C@H]2C[C@H](NC(C)=O)[C@H](O[C@@H]3CC(O)C(C)OC3C(=O)OC[C@@H](O)COC(=O)[C@H](C)CSc3cccc(S)c3)O[C@H]2CO)C(O)C(O)[C@H]1OC1O[C@@H](CO)[C@@H](OOC2OC(C(=O)O)[C@H](O[C@@H]3O[C@@H](CO)[C@@H](OOC)CC3NC(C)=O)C(O)C2O)C[C@@H]1NC(C)=O. The maximum Gasteiger partial charge on any atom is 0.338 e. The standard InChI is InChI=1S/C64H95N3O38S2/c1-25(2)56(83)88-20-31(74)23-91-59(86)54-52(98-62-37(67-30(7)73)15-41(45(19-70)96-62)102-104-63-48(79)46(77)51(53(99-63)55(81)82)97-61-36(66-29(6)72)13-39(101-87-8)43(17-68)95-61)47(78)49(80)64(100-54)105-103-40-14-35(65-28(5)71)60(94-44(40)18-69)93-42-16-38(76)27(4)92-50(42)58(85)90-22-32(75)21-89-57(84)26(3)24-107-34-11-9-10-33(106)12-34/h9-12,26-27,31-32,35-54,60-64,68-70,74-80,106H,1,13-24H2,2-8H3,(H,65,71)(H,66,72)(H,67,73)(H,81,82)/t26-,27?,31?,32+,35+,36?,37+,38?,39+,40+,41+,42-,43+,44+,45+,46?,47?,48?,49?,50?,51-,52-,53?,54?,60-,61+,62?,63?,64?/m1/s1. The molecule has 6 heterocycles. The number of thioether (sulfide) groups is 1. The van der Waals surface area contributed by atoms with E-state index >= 15 is 0 Å². The van der Waals surface area contributed by atoms with Crippen molar-refractivity contribution in [1.82, 2.24) is 16.0 Å². The molecule has 0 saturated carbocycles. The Kier molecular flexibility index (Phi) is 34.9. The van der Waals surface area contributed by atoms with Gasteiger partial charge in [0.25, 0.3) is 0 Å². The van der Waals surface area contributed by atoms with Crippen LogP contribution in [0, 0.1) is 5.92 Å². The van der Waals surface area contributed by atoms with Crippen molar-refractivity contribution in [3.05, 3.63) is 36.4 Å². The van der Waals surface area contributed by atoms with Crippen LogP contribution in [0.2, 0.25) is 0 Å². The summed E-state index contributed by atoms with van der Waals surface area (Å²) in [6, 6.07) is 3.42. The first kappa shape index (κ1) is 88.6. The van der Waals surface area contributed by atoms with Gasteiger partial charge in [0.1, 0.15) is 118 Å². The number of rotatable bonds is 36. The number of carboxylic acids is 1. The first-order chi connectivity index (χ1) is 50.7. The Morgan fingerprint density at radius 1 is 0.561 bits per heavy atom. The van der Waals surface area contributed by atoms with Crippen molar-refractivity contribution < 1.29 is 185 Å². The number of aliphatic hydroxyl groups excluding tert-OH is 10. The topological polar surface area (TPSA) is 571 Å². The lowest BCUT2D eigenvalue weighted by molar-refractivity contribution is -0.461. The lowest BCUT2D eigenvalue weighted by atomic mass is 9.97. The molecule has 0 aromatic heterocycles. The highest BCUT2D eigenvalue weighted by atomic mass is 32.2. The van der Waals surface area contributed by atoms with Gasteiger partial charge in [0.15, 0.2) is 37.2 Å². The predicted octanol–water partition coefficient (Wildman–Crippen LogP) is -5.74. The average Bonchev–Trinajstić information content (AvgIpc) is 0.783. The fourth-order valence-corrected chi connectivity index (χ4v) is 13.0. The van der Waals surface area contributed by atoms with E-state index in [9.17, 15) is 94.5 Å². The second kappa shape index (κ2) is 42.2. The largest absolute Gasteiger partial charge is 0.479 e. The minimum absolute atomic E-state index is 0.0457. The summed E-state index contributed by atoms with van der Waals surface area (Å²) in [6.45, 7) is 5.66. The van der Waals surface area contributed by atoms with E-state index in [1.54, 1.807) is 13.0 Å². The molecule has 29 atom stereocenters. The van der Waals surface area contributed by atoms with Crippen LogP contribution in [0.1, 0.15) is 67.2 Å². The first-order valence-electron chi connectivity index (χ1n) is 33.8. The molecule has 1 aromatic rings. The van der Waals surface area contributed by atoms with Crippen LogP contribution < -0.4 is 16.0 Å².